The monoisotopic (exact) mass is 524 g/mol. The molecule has 1 aromatic heterocycles. The van der Waals surface area contributed by atoms with Crippen molar-refractivity contribution in [1.29, 1.82) is 0 Å². The summed E-state index contributed by atoms with van der Waals surface area (Å²) in [7, 11) is 0. The summed E-state index contributed by atoms with van der Waals surface area (Å²) in [4.78, 5) is 40.7. The number of nitrogens with zero attached hydrogens (tertiary/aromatic N) is 2. The second kappa shape index (κ2) is 10.4. The van der Waals surface area contributed by atoms with Crippen molar-refractivity contribution in [2.75, 3.05) is 18.4 Å². The van der Waals surface area contributed by atoms with Gasteiger partial charge in [0, 0.05) is 49.4 Å². The molecule has 0 spiro atoms. The molecule has 3 atom stereocenters. The molecular weight excluding hydrogens is 499 g/mol. The standard InChI is InChI=1S/C27H26Cl2N4O3/c28-21-10-9-20(13-22(21)29)30-26(35)23(12-17-5-2-1-3-6-17)31-27(36)32-14-18-11-19(16-32)24-7-4-8-25(34)33(24)15-18/h1-10,13,18-19,23H,11-12,14-16H2,(H,30,35)(H,31,36). The number of hydrogen-bond donors (Lipinski definition) is 2. The van der Waals surface area contributed by atoms with E-state index in [0.29, 0.717) is 41.8 Å². The van der Waals surface area contributed by atoms with Gasteiger partial charge in [-0.2, -0.15) is 0 Å². The number of hydrogen-bond acceptors (Lipinski definition) is 3. The summed E-state index contributed by atoms with van der Waals surface area (Å²) in [5.41, 5.74) is 2.39. The second-order valence-corrected chi connectivity index (χ2v) is 10.2. The molecule has 3 aromatic rings. The lowest BCUT2D eigenvalue weighted by molar-refractivity contribution is -0.118. The number of benzene rings is 2. The van der Waals surface area contributed by atoms with Crippen LogP contribution in [0.15, 0.2) is 71.5 Å². The lowest BCUT2D eigenvalue weighted by Crippen LogP contribution is -2.55. The quantitative estimate of drug-likeness (QED) is 0.514. The highest BCUT2D eigenvalue weighted by atomic mass is 35.5. The van der Waals surface area contributed by atoms with Gasteiger partial charge in [-0.25, -0.2) is 4.79 Å². The van der Waals surface area contributed by atoms with Gasteiger partial charge in [0.2, 0.25) is 5.91 Å². The lowest BCUT2D eigenvalue weighted by atomic mass is 9.83. The Balaban J connectivity index is 1.33. The van der Waals surface area contributed by atoms with E-state index in [4.69, 9.17) is 23.2 Å². The minimum absolute atomic E-state index is 0.00185. The fourth-order valence-corrected chi connectivity index (χ4v) is 5.46. The van der Waals surface area contributed by atoms with Crippen LogP contribution in [0.5, 0.6) is 0 Å². The molecule has 186 valence electrons. The predicted octanol–water partition coefficient (Wildman–Crippen LogP) is 4.53. The fourth-order valence-electron chi connectivity index (χ4n) is 5.16. The first-order chi connectivity index (χ1) is 17.4. The molecule has 0 aliphatic carbocycles. The number of aromatic nitrogens is 1. The van der Waals surface area contributed by atoms with E-state index in [1.54, 1.807) is 35.2 Å². The van der Waals surface area contributed by atoms with Crippen molar-refractivity contribution in [2.45, 2.75) is 31.3 Å². The van der Waals surface area contributed by atoms with Crippen LogP contribution in [-0.2, 0) is 17.8 Å². The van der Waals surface area contributed by atoms with Gasteiger partial charge in [0.1, 0.15) is 6.04 Å². The third-order valence-electron chi connectivity index (χ3n) is 6.85. The van der Waals surface area contributed by atoms with Gasteiger partial charge >= 0.3 is 6.03 Å². The molecule has 36 heavy (non-hydrogen) atoms. The van der Waals surface area contributed by atoms with Gasteiger partial charge in [-0.1, -0.05) is 59.6 Å². The molecule has 2 N–H and O–H groups in total. The van der Waals surface area contributed by atoms with Gasteiger partial charge in [-0.15, -0.1) is 0 Å². The maximum Gasteiger partial charge on any atom is 0.318 e. The Morgan fingerprint density at radius 1 is 0.944 bits per heavy atom. The average Bonchev–Trinajstić information content (AvgIpc) is 2.87. The van der Waals surface area contributed by atoms with Crippen molar-refractivity contribution in [3.05, 3.63) is 98.4 Å². The van der Waals surface area contributed by atoms with Crippen LogP contribution < -0.4 is 16.2 Å². The maximum atomic E-state index is 13.4. The molecule has 7 nitrogen and oxygen atoms in total. The number of anilines is 1. The molecule has 3 amide bonds. The number of rotatable bonds is 5. The van der Waals surface area contributed by atoms with Crippen molar-refractivity contribution in [3.63, 3.8) is 0 Å². The van der Waals surface area contributed by atoms with Crippen LogP contribution in [0.1, 0.15) is 23.6 Å². The first-order valence-corrected chi connectivity index (χ1v) is 12.7. The van der Waals surface area contributed by atoms with Gasteiger partial charge in [0.05, 0.1) is 10.0 Å². The van der Waals surface area contributed by atoms with Gasteiger partial charge < -0.3 is 20.1 Å². The highest BCUT2D eigenvalue weighted by Crippen LogP contribution is 2.35. The second-order valence-electron chi connectivity index (χ2n) is 9.41. The van der Waals surface area contributed by atoms with Gasteiger partial charge in [0.25, 0.3) is 5.56 Å². The zero-order valence-electron chi connectivity index (χ0n) is 19.5. The summed E-state index contributed by atoms with van der Waals surface area (Å²) in [5.74, 6) is -0.0610. The zero-order chi connectivity index (χ0) is 25.2. The Morgan fingerprint density at radius 3 is 2.53 bits per heavy atom. The summed E-state index contributed by atoms with van der Waals surface area (Å²) < 4.78 is 1.83. The summed E-state index contributed by atoms with van der Waals surface area (Å²) in [6.07, 6.45) is 1.27. The molecule has 3 unspecified atom stereocenters. The number of urea groups is 1. The predicted molar refractivity (Wildman–Crippen MR) is 141 cm³/mol. The fraction of sp³-hybridized carbons (Fsp3) is 0.296. The number of pyridine rings is 1. The van der Waals surface area contributed by atoms with Crippen molar-refractivity contribution < 1.29 is 9.59 Å². The smallest absolute Gasteiger partial charge is 0.318 e. The summed E-state index contributed by atoms with van der Waals surface area (Å²) in [6, 6.07) is 18.6. The number of halogens is 2. The van der Waals surface area contributed by atoms with E-state index in [1.807, 2.05) is 41.0 Å². The zero-order valence-corrected chi connectivity index (χ0v) is 21.0. The van der Waals surface area contributed by atoms with Crippen molar-refractivity contribution in [3.8, 4) is 0 Å². The number of piperidine rings is 1. The minimum Gasteiger partial charge on any atom is -0.326 e. The normalized spacial score (nSPS) is 19.2. The Bertz CT molecular complexity index is 1340. The Hall–Kier alpha value is -3.29. The first-order valence-electron chi connectivity index (χ1n) is 11.9. The van der Waals surface area contributed by atoms with Crippen LogP contribution in [0.4, 0.5) is 10.5 Å². The van der Waals surface area contributed by atoms with E-state index in [9.17, 15) is 14.4 Å². The van der Waals surface area contributed by atoms with E-state index < -0.39 is 6.04 Å². The molecule has 5 rings (SSSR count). The molecular formula is C27H26Cl2N4O3. The van der Waals surface area contributed by atoms with E-state index in [-0.39, 0.29) is 29.3 Å². The van der Waals surface area contributed by atoms with Crippen LogP contribution >= 0.6 is 23.2 Å². The number of likely N-dealkylation sites (tertiary alicyclic amines) is 1. The molecule has 2 aliphatic rings. The van der Waals surface area contributed by atoms with Crippen LogP contribution in [-0.4, -0.2) is 40.5 Å². The molecule has 3 heterocycles. The SMILES string of the molecule is O=C(Nc1ccc(Cl)c(Cl)c1)C(Cc1ccccc1)NC(=O)N1CC2CC(C1)c1cccc(=O)n1C2. The summed E-state index contributed by atoms with van der Waals surface area (Å²) in [5, 5.41) is 6.52. The Morgan fingerprint density at radius 2 is 1.75 bits per heavy atom. The van der Waals surface area contributed by atoms with Crippen LogP contribution in [0.25, 0.3) is 0 Å². The number of carbonyl (C=O) groups excluding carboxylic acids is 2. The Kier molecular flexibility index (Phi) is 7.03. The number of nitrogens with one attached hydrogen (secondary N) is 2. The van der Waals surface area contributed by atoms with Gasteiger partial charge in [0.15, 0.2) is 0 Å². The van der Waals surface area contributed by atoms with Crippen LogP contribution in [0, 0.1) is 5.92 Å². The van der Waals surface area contributed by atoms with E-state index >= 15 is 0 Å². The van der Waals surface area contributed by atoms with Crippen LogP contribution in [0.2, 0.25) is 10.0 Å². The van der Waals surface area contributed by atoms with Crippen molar-refractivity contribution in [1.82, 2.24) is 14.8 Å². The first kappa shape index (κ1) is 24.4. The molecule has 0 saturated carbocycles. The largest absolute Gasteiger partial charge is 0.326 e. The average molecular weight is 525 g/mol. The van der Waals surface area contributed by atoms with Gasteiger partial charge in [-0.3, -0.25) is 9.59 Å². The molecule has 2 bridgehead atoms. The minimum atomic E-state index is -0.800. The number of amides is 3. The van der Waals surface area contributed by atoms with Crippen LogP contribution in [0.3, 0.4) is 0 Å². The highest BCUT2D eigenvalue weighted by molar-refractivity contribution is 6.42. The summed E-state index contributed by atoms with van der Waals surface area (Å²) >= 11 is 12.1. The summed E-state index contributed by atoms with van der Waals surface area (Å²) in [6.45, 7) is 1.63. The third kappa shape index (κ3) is 5.27. The molecule has 9 heteroatoms. The third-order valence-corrected chi connectivity index (χ3v) is 7.59. The molecule has 2 aliphatic heterocycles. The van der Waals surface area contributed by atoms with E-state index in [0.717, 1.165) is 17.7 Å². The molecule has 1 saturated heterocycles. The van der Waals surface area contributed by atoms with Gasteiger partial charge in [-0.05, 0) is 42.2 Å². The topological polar surface area (TPSA) is 83.4 Å². The Labute approximate surface area is 219 Å². The maximum absolute atomic E-state index is 13.4. The molecule has 1 fully saturated rings. The lowest BCUT2D eigenvalue weighted by Gasteiger charge is -2.43. The molecule has 2 aromatic carbocycles. The highest BCUT2D eigenvalue weighted by Gasteiger charge is 2.37. The van der Waals surface area contributed by atoms with Crippen molar-refractivity contribution in [2.24, 2.45) is 5.92 Å². The van der Waals surface area contributed by atoms with E-state index in [1.165, 1.54) is 0 Å². The van der Waals surface area contributed by atoms with Crippen molar-refractivity contribution >= 4 is 40.8 Å². The number of carbonyl (C=O) groups is 2. The molecule has 0 radical (unpaired) electrons. The van der Waals surface area contributed by atoms with E-state index in [2.05, 4.69) is 10.6 Å². The number of fused-ring (bicyclic) bond motifs is 4.